The van der Waals surface area contributed by atoms with Crippen LogP contribution in [0.1, 0.15) is 19.4 Å². The molecule has 4 nitrogen and oxygen atoms in total. The van der Waals surface area contributed by atoms with E-state index in [2.05, 4.69) is 10.6 Å². The van der Waals surface area contributed by atoms with Crippen LogP contribution in [-0.4, -0.2) is 14.0 Å². The van der Waals surface area contributed by atoms with Crippen molar-refractivity contribution in [1.29, 1.82) is 5.26 Å². The van der Waals surface area contributed by atoms with Gasteiger partial charge in [0, 0.05) is 0 Å². The van der Waals surface area contributed by atoms with Gasteiger partial charge in [-0.25, -0.2) is 12.8 Å². The summed E-state index contributed by atoms with van der Waals surface area (Å²) >= 11 is 0. The fraction of sp³-hybridized carbons (Fsp3) is 0.250. The molecule has 1 aromatic carbocycles. The lowest BCUT2D eigenvalue weighted by atomic mass is 10.1. The predicted molar refractivity (Wildman–Crippen MR) is 64.3 cm³/mol. The van der Waals surface area contributed by atoms with Gasteiger partial charge in [-0.3, -0.25) is 0 Å². The third-order valence-corrected chi connectivity index (χ3v) is 3.77. The lowest BCUT2D eigenvalue weighted by molar-refractivity contribution is 0.538. The Bertz CT molecular complexity index is 652. The van der Waals surface area contributed by atoms with Gasteiger partial charge in [-0.05, 0) is 32.0 Å². The average molecular weight is 266 g/mol. The normalized spacial score (nSPS) is 11.6. The quantitative estimate of drug-likeness (QED) is 0.840. The molecule has 0 aliphatic carbocycles. The molecule has 0 heterocycles. The molecule has 0 unspecified atom stereocenters. The largest absolute Gasteiger partial charge is 0.241 e. The van der Waals surface area contributed by atoms with E-state index in [4.69, 9.17) is 11.7 Å². The molecule has 0 radical (unpaired) electrons. The molecule has 0 aliphatic heterocycles. The zero-order valence-electron chi connectivity index (χ0n) is 9.86. The molecule has 0 aromatic heterocycles. The molecule has 0 aliphatic rings. The van der Waals surface area contributed by atoms with Gasteiger partial charge in [0.15, 0.2) is 0 Å². The number of hydrogen-bond acceptors (Lipinski definition) is 3. The zero-order valence-corrected chi connectivity index (χ0v) is 10.7. The van der Waals surface area contributed by atoms with Crippen molar-refractivity contribution in [2.45, 2.75) is 24.3 Å². The molecule has 94 valence electrons. The van der Waals surface area contributed by atoms with Crippen molar-refractivity contribution in [2.24, 2.45) is 0 Å². The Labute approximate surface area is 105 Å². The highest BCUT2D eigenvalue weighted by Crippen LogP contribution is 2.16. The molecule has 0 saturated heterocycles. The van der Waals surface area contributed by atoms with Gasteiger partial charge in [-0.1, -0.05) is 5.92 Å². The van der Waals surface area contributed by atoms with Crippen LogP contribution >= 0.6 is 0 Å². The summed E-state index contributed by atoms with van der Waals surface area (Å²) in [5, 5.41) is 8.65. The molecule has 0 atom stereocenters. The third kappa shape index (κ3) is 3.07. The van der Waals surface area contributed by atoms with Gasteiger partial charge in [0.1, 0.15) is 11.9 Å². The van der Waals surface area contributed by atoms with Crippen LogP contribution in [0.3, 0.4) is 0 Å². The van der Waals surface area contributed by atoms with E-state index >= 15 is 0 Å². The van der Waals surface area contributed by atoms with Crippen LogP contribution < -0.4 is 4.72 Å². The molecule has 0 spiro atoms. The van der Waals surface area contributed by atoms with Gasteiger partial charge < -0.3 is 0 Å². The standard InChI is InChI=1S/C12H11FN2O2S/c1-4-12(2,3)15-18(16,17)10-5-6-11(13)9(7-10)8-14/h1,5-7,15H,2-3H3. The predicted octanol–water partition coefficient (Wildman–Crippen LogP) is 1.39. The summed E-state index contributed by atoms with van der Waals surface area (Å²) in [4.78, 5) is -0.205. The third-order valence-electron chi connectivity index (χ3n) is 2.12. The molecule has 6 heteroatoms. The topological polar surface area (TPSA) is 70.0 Å². The van der Waals surface area contributed by atoms with Crippen molar-refractivity contribution in [3.8, 4) is 18.4 Å². The average Bonchev–Trinajstić information content (AvgIpc) is 2.28. The number of halogens is 1. The van der Waals surface area contributed by atoms with Crippen LogP contribution in [0.2, 0.25) is 0 Å². The van der Waals surface area contributed by atoms with Gasteiger partial charge in [0.05, 0.1) is 16.0 Å². The van der Waals surface area contributed by atoms with E-state index in [9.17, 15) is 12.8 Å². The number of rotatable bonds is 3. The summed E-state index contributed by atoms with van der Waals surface area (Å²) < 4.78 is 39.3. The number of nitrogens with zero attached hydrogens (tertiary/aromatic N) is 1. The Balaban J connectivity index is 3.24. The molecule has 1 N–H and O–H groups in total. The fourth-order valence-electron chi connectivity index (χ4n) is 1.18. The van der Waals surface area contributed by atoms with Crippen LogP contribution in [0.25, 0.3) is 0 Å². The van der Waals surface area contributed by atoms with Crippen LogP contribution in [0.15, 0.2) is 23.1 Å². The number of sulfonamides is 1. The Morgan fingerprint density at radius 1 is 1.44 bits per heavy atom. The molecular formula is C12H11FN2O2S. The summed E-state index contributed by atoms with van der Waals surface area (Å²) in [5.74, 6) is 1.51. The van der Waals surface area contributed by atoms with Gasteiger partial charge in [0.25, 0.3) is 0 Å². The van der Waals surface area contributed by atoms with Crippen molar-refractivity contribution in [2.75, 3.05) is 0 Å². The second-order valence-electron chi connectivity index (χ2n) is 4.13. The summed E-state index contributed by atoms with van der Waals surface area (Å²) in [6, 6.07) is 4.54. The van der Waals surface area contributed by atoms with Crippen LogP contribution in [0, 0.1) is 29.5 Å². The molecule has 0 amide bonds. The van der Waals surface area contributed by atoms with Gasteiger partial charge in [-0.15, -0.1) is 6.42 Å². The van der Waals surface area contributed by atoms with Crippen molar-refractivity contribution >= 4 is 10.0 Å². The first-order valence-electron chi connectivity index (χ1n) is 4.93. The highest BCUT2D eigenvalue weighted by molar-refractivity contribution is 7.89. The number of nitrogens with one attached hydrogen (secondary N) is 1. The second-order valence-corrected chi connectivity index (χ2v) is 5.81. The summed E-state index contributed by atoms with van der Waals surface area (Å²) in [5.41, 5.74) is -1.41. The molecular weight excluding hydrogens is 255 g/mol. The van der Waals surface area contributed by atoms with Crippen LogP contribution in [0.4, 0.5) is 4.39 Å². The van der Waals surface area contributed by atoms with E-state index in [-0.39, 0.29) is 10.5 Å². The molecule has 0 fully saturated rings. The minimum absolute atomic E-state index is 0.205. The van der Waals surface area contributed by atoms with Crippen LogP contribution in [-0.2, 0) is 10.0 Å². The highest BCUT2D eigenvalue weighted by atomic mass is 32.2. The van der Waals surface area contributed by atoms with Crippen molar-refractivity contribution in [3.63, 3.8) is 0 Å². The second kappa shape index (κ2) is 4.77. The zero-order chi connectivity index (χ0) is 14.0. The maximum Gasteiger partial charge on any atom is 0.241 e. The van der Waals surface area contributed by atoms with Crippen LogP contribution in [0.5, 0.6) is 0 Å². The summed E-state index contributed by atoms with van der Waals surface area (Å²) in [6.45, 7) is 3.03. The van der Waals surface area contributed by atoms with Gasteiger partial charge in [-0.2, -0.15) is 9.98 Å². The maximum absolute atomic E-state index is 13.1. The smallest absolute Gasteiger partial charge is 0.207 e. The van der Waals surface area contributed by atoms with Crippen molar-refractivity contribution in [3.05, 3.63) is 29.6 Å². The summed E-state index contributed by atoms with van der Waals surface area (Å²) in [7, 11) is -3.89. The Morgan fingerprint density at radius 2 is 2.06 bits per heavy atom. The first-order chi connectivity index (χ1) is 8.22. The maximum atomic E-state index is 13.1. The number of terminal acetylenes is 1. The molecule has 0 saturated carbocycles. The number of benzene rings is 1. The van der Waals surface area contributed by atoms with Gasteiger partial charge in [0.2, 0.25) is 10.0 Å². The number of hydrogen-bond donors (Lipinski definition) is 1. The van der Waals surface area contributed by atoms with E-state index in [1.54, 1.807) is 6.07 Å². The molecule has 1 rings (SSSR count). The first kappa shape index (κ1) is 14.2. The lowest BCUT2D eigenvalue weighted by Gasteiger charge is -2.19. The Morgan fingerprint density at radius 3 is 2.56 bits per heavy atom. The lowest BCUT2D eigenvalue weighted by Crippen LogP contribution is -2.41. The first-order valence-corrected chi connectivity index (χ1v) is 6.41. The fourth-order valence-corrected chi connectivity index (χ4v) is 2.55. The van der Waals surface area contributed by atoms with Crippen molar-refractivity contribution < 1.29 is 12.8 Å². The highest BCUT2D eigenvalue weighted by Gasteiger charge is 2.24. The van der Waals surface area contributed by atoms with E-state index in [1.165, 1.54) is 13.8 Å². The SMILES string of the molecule is C#CC(C)(C)NS(=O)(=O)c1ccc(F)c(C#N)c1. The number of nitriles is 1. The minimum Gasteiger partial charge on any atom is -0.207 e. The van der Waals surface area contributed by atoms with Gasteiger partial charge >= 0.3 is 0 Å². The summed E-state index contributed by atoms with van der Waals surface area (Å²) in [6.07, 6.45) is 5.18. The minimum atomic E-state index is -3.89. The Kier molecular flexibility index (Phi) is 3.76. The molecule has 0 bridgehead atoms. The van der Waals surface area contributed by atoms with E-state index in [0.29, 0.717) is 0 Å². The van der Waals surface area contributed by atoms with E-state index in [1.807, 2.05) is 0 Å². The molecule has 1 aromatic rings. The molecule has 18 heavy (non-hydrogen) atoms. The van der Waals surface area contributed by atoms with E-state index in [0.717, 1.165) is 18.2 Å². The van der Waals surface area contributed by atoms with E-state index < -0.39 is 21.4 Å². The Hall–Kier alpha value is -1.89. The monoisotopic (exact) mass is 266 g/mol. The van der Waals surface area contributed by atoms with Crippen molar-refractivity contribution in [1.82, 2.24) is 4.72 Å².